The van der Waals surface area contributed by atoms with Crippen LogP contribution in [-0.4, -0.2) is 28.2 Å². The van der Waals surface area contributed by atoms with E-state index in [0.29, 0.717) is 23.5 Å². The summed E-state index contributed by atoms with van der Waals surface area (Å²) in [5.74, 6) is 1.74. The number of aliphatic hydroxyl groups is 2. The van der Waals surface area contributed by atoms with Gasteiger partial charge in [0.2, 0.25) is 0 Å². The molecule has 23 heavy (non-hydrogen) atoms. The Labute approximate surface area is 138 Å². The van der Waals surface area contributed by atoms with Gasteiger partial charge in [-0.3, -0.25) is 4.79 Å². The lowest BCUT2D eigenvalue weighted by Gasteiger charge is -2.66. The largest absolute Gasteiger partial charge is 0.393 e. The van der Waals surface area contributed by atoms with E-state index >= 15 is 0 Å². The van der Waals surface area contributed by atoms with E-state index in [9.17, 15) is 15.0 Å². The van der Waals surface area contributed by atoms with Gasteiger partial charge >= 0.3 is 0 Å². The first-order valence-electron chi connectivity index (χ1n) is 9.53. The molecule has 6 fully saturated rings. The Kier molecular flexibility index (Phi) is 2.41. The van der Waals surface area contributed by atoms with E-state index in [-0.39, 0.29) is 28.3 Å². The normalized spacial score (nSPS) is 65.0. The Morgan fingerprint density at radius 1 is 1.00 bits per heavy atom. The van der Waals surface area contributed by atoms with E-state index in [0.717, 1.165) is 32.1 Å². The Balaban J connectivity index is 1.62. The summed E-state index contributed by atoms with van der Waals surface area (Å²) >= 11 is 0. The maximum atomic E-state index is 13.2. The summed E-state index contributed by atoms with van der Waals surface area (Å²) in [6.45, 7) is 8.95. The number of aliphatic hydroxyl groups excluding tert-OH is 2. The lowest BCUT2D eigenvalue weighted by molar-refractivity contribution is -0.215. The summed E-state index contributed by atoms with van der Waals surface area (Å²) in [4.78, 5) is 13.2. The molecule has 0 aliphatic heterocycles. The fourth-order valence-corrected chi connectivity index (χ4v) is 8.53. The number of carbonyl (C=O) groups excluding carboxylic acids is 1. The minimum absolute atomic E-state index is 0.0872. The number of hydrogen-bond acceptors (Lipinski definition) is 3. The maximum Gasteiger partial charge on any atom is 0.145 e. The van der Waals surface area contributed by atoms with Gasteiger partial charge in [0.25, 0.3) is 0 Å². The van der Waals surface area contributed by atoms with Gasteiger partial charge in [0, 0.05) is 11.3 Å². The molecule has 3 nitrogen and oxygen atoms in total. The van der Waals surface area contributed by atoms with Crippen LogP contribution < -0.4 is 0 Å². The van der Waals surface area contributed by atoms with E-state index in [2.05, 4.69) is 27.7 Å². The Morgan fingerprint density at radius 3 is 2.30 bits per heavy atom. The van der Waals surface area contributed by atoms with Crippen LogP contribution in [0.5, 0.6) is 0 Å². The van der Waals surface area contributed by atoms with Gasteiger partial charge in [0.1, 0.15) is 5.78 Å². The van der Waals surface area contributed by atoms with Crippen LogP contribution in [0.25, 0.3) is 0 Å². The SMILES string of the molecule is CC1(C)[C@H](O)CC[C@]2(C)[C@@H]1CC[C@@]13C(=O)C4[C@H](C[C@@H]21)[C@]4(C)[C@H]3O. The molecule has 1 unspecified atom stereocenters. The smallest absolute Gasteiger partial charge is 0.145 e. The molecule has 4 bridgehead atoms. The lowest BCUT2D eigenvalue weighted by atomic mass is 9.38. The highest BCUT2D eigenvalue weighted by Crippen LogP contribution is 2.83. The number of carbonyl (C=O) groups is 1. The van der Waals surface area contributed by atoms with Crippen molar-refractivity contribution in [2.24, 2.45) is 45.3 Å². The molecule has 6 aliphatic carbocycles. The highest BCUT2D eigenvalue weighted by Gasteiger charge is 2.87. The van der Waals surface area contributed by atoms with Crippen LogP contribution in [0, 0.1) is 45.3 Å². The first-order valence-corrected chi connectivity index (χ1v) is 9.53. The van der Waals surface area contributed by atoms with Crippen molar-refractivity contribution in [3.05, 3.63) is 0 Å². The number of Topliss-reactive ketones (excluding diaryl/α,β-unsaturated/α-hetero) is 1. The Morgan fingerprint density at radius 2 is 1.70 bits per heavy atom. The first kappa shape index (κ1) is 14.9. The first-order chi connectivity index (χ1) is 10.6. The molecule has 6 saturated carbocycles. The second-order valence-electron chi connectivity index (χ2n) is 10.5. The van der Waals surface area contributed by atoms with Crippen molar-refractivity contribution in [1.82, 2.24) is 0 Å². The topological polar surface area (TPSA) is 57.5 Å². The fourth-order valence-electron chi connectivity index (χ4n) is 8.53. The molecule has 0 radical (unpaired) electrons. The molecule has 2 N–H and O–H groups in total. The molecule has 0 aromatic carbocycles. The minimum Gasteiger partial charge on any atom is -0.393 e. The zero-order valence-electron chi connectivity index (χ0n) is 14.8. The maximum absolute atomic E-state index is 13.2. The predicted molar refractivity (Wildman–Crippen MR) is 86.5 cm³/mol. The van der Waals surface area contributed by atoms with Gasteiger partial charge in [-0.25, -0.2) is 0 Å². The van der Waals surface area contributed by atoms with Crippen molar-refractivity contribution in [3.63, 3.8) is 0 Å². The highest BCUT2D eigenvalue weighted by molar-refractivity contribution is 5.97. The number of ketones is 1. The van der Waals surface area contributed by atoms with Crippen LogP contribution in [0.1, 0.15) is 59.8 Å². The third-order valence-electron chi connectivity index (χ3n) is 9.84. The standard InChI is InChI=1S/C20H30O3/c1-17(2)11-5-8-20-12(18(11,3)7-6-13(17)21)9-10-14(15(20)22)19(10,4)16(20)23/h10-14,16,21,23H,5-9H2,1-4H3/t10-,11+,12-,13+,14?,16+,18+,19-,20-/m0/s1. The highest BCUT2D eigenvalue weighted by atomic mass is 16.3. The third-order valence-corrected chi connectivity index (χ3v) is 9.84. The van der Waals surface area contributed by atoms with E-state index in [1.807, 2.05) is 0 Å². The van der Waals surface area contributed by atoms with Gasteiger partial charge < -0.3 is 10.2 Å². The zero-order chi connectivity index (χ0) is 16.6. The number of rotatable bonds is 0. The van der Waals surface area contributed by atoms with Crippen molar-refractivity contribution in [1.29, 1.82) is 0 Å². The van der Waals surface area contributed by atoms with Crippen LogP contribution >= 0.6 is 0 Å². The summed E-state index contributed by atoms with van der Waals surface area (Å²) in [5.41, 5.74) is -0.569. The molecular weight excluding hydrogens is 288 g/mol. The predicted octanol–water partition coefficient (Wildman–Crippen LogP) is 2.79. The van der Waals surface area contributed by atoms with Crippen LogP contribution in [-0.2, 0) is 4.79 Å². The number of hydrogen-bond donors (Lipinski definition) is 2. The van der Waals surface area contributed by atoms with Crippen molar-refractivity contribution >= 4 is 5.78 Å². The van der Waals surface area contributed by atoms with Crippen LogP contribution in [0.3, 0.4) is 0 Å². The summed E-state index contributed by atoms with van der Waals surface area (Å²) in [6, 6.07) is 0. The zero-order valence-corrected chi connectivity index (χ0v) is 14.8. The summed E-state index contributed by atoms with van der Waals surface area (Å²) in [7, 11) is 0. The summed E-state index contributed by atoms with van der Waals surface area (Å²) < 4.78 is 0. The van der Waals surface area contributed by atoms with Gasteiger partial charge in [-0.05, 0) is 60.7 Å². The molecule has 0 aromatic rings. The van der Waals surface area contributed by atoms with Crippen LogP contribution in [0.2, 0.25) is 0 Å². The molecule has 0 aromatic heterocycles. The van der Waals surface area contributed by atoms with Crippen molar-refractivity contribution < 1.29 is 15.0 Å². The average molecular weight is 318 g/mol. The fraction of sp³-hybridized carbons (Fsp3) is 0.950. The van der Waals surface area contributed by atoms with Gasteiger partial charge in [0.05, 0.1) is 17.6 Å². The summed E-state index contributed by atoms with van der Waals surface area (Å²) in [6.07, 6.45) is 4.12. The molecular formula is C20H30O3. The molecule has 3 heteroatoms. The van der Waals surface area contributed by atoms with E-state index in [4.69, 9.17) is 0 Å². The minimum atomic E-state index is -0.461. The van der Waals surface area contributed by atoms with Gasteiger partial charge in [0.15, 0.2) is 0 Å². The Bertz CT molecular complexity index is 612. The average Bonchev–Trinajstić information content (AvgIpc) is 3.07. The Hall–Kier alpha value is -0.410. The van der Waals surface area contributed by atoms with Gasteiger partial charge in [-0.15, -0.1) is 0 Å². The molecule has 0 saturated heterocycles. The second kappa shape index (κ2) is 3.72. The van der Waals surface area contributed by atoms with Gasteiger partial charge in [-0.2, -0.15) is 0 Å². The molecule has 6 rings (SSSR count). The second-order valence-corrected chi connectivity index (χ2v) is 10.5. The van der Waals surface area contributed by atoms with E-state index in [1.54, 1.807) is 0 Å². The van der Waals surface area contributed by atoms with Gasteiger partial charge in [-0.1, -0.05) is 27.7 Å². The van der Waals surface area contributed by atoms with E-state index < -0.39 is 11.5 Å². The monoisotopic (exact) mass is 318 g/mol. The molecule has 6 aliphatic rings. The summed E-state index contributed by atoms with van der Waals surface area (Å²) in [5, 5.41) is 21.7. The number of fused-ring (bicyclic) bond motifs is 1. The lowest BCUT2D eigenvalue weighted by Crippen LogP contribution is -2.65. The van der Waals surface area contributed by atoms with Crippen LogP contribution in [0.4, 0.5) is 0 Å². The quantitative estimate of drug-likeness (QED) is 0.722. The van der Waals surface area contributed by atoms with Crippen LogP contribution in [0.15, 0.2) is 0 Å². The molecule has 0 heterocycles. The molecule has 9 atom stereocenters. The van der Waals surface area contributed by atoms with Crippen molar-refractivity contribution in [2.45, 2.75) is 72.0 Å². The van der Waals surface area contributed by atoms with E-state index in [1.165, 1.54) is 0 Å². The molecule has 1 spiro atoms. The molecule has 0 amide bonds. The van der Waals surface area contributed by atoms with Crippen molar-refractivity contribution in [2.75, 3.05) is 0 Å². The third kappa shape index (κ3) is 1.24. The molecule has 128 valence electrons. The van der Waals surface area contributed by atoms with Crippen molar-refractivity contribution in [3.8, 4) is 0 Å².